The van der Waals surface area contributed by atoms with Gasteiger partial charge in [-0.05, 0) is 37.8 Å². The summed E-state index contributed by atoms with van der Waals surface area (Å²) in [4.78, 5) is 39.6. The molecule has 11 nitrogen and oxygen atoms in total. The number of nitrogens with one attached hydrogen (secondary N) is 1. The number of amides is 2. The number of non-ortho nitro benzene ring substituents is 1. The number of nitrogens with zero attached hydrogens (tertiary/aromatic N) is 3. The predicted octanol–water partition coefficient (Wildman–Crippen LogP) is 3.93. The largest absolute Gasteiger partial charge is 0.495 e. The molecule has 2 amide bonds. The van der Waals surface area contributed by atoms with Gasteiger partial charge in [-0.2, -0.15) is 0 Å². The molecule has 0 aromatic heterocycles. The van der Waals surface area contributed by atoms with Crippen LogP contribution in [0.2, 0.25) is 0 Å². The van der Waals surface area contributed by atoms with Crippen LogP contribution >= 0.6 is 0 Å². The summed E-state index contributed by atoms with van der Waals surface area (Å²) in [6, 6.07) is 10.3. The van der Waals surface area contributed by atoms with Crippen molar-refractivity contribution in [2.24, 2.45) is 0 Å². The molecule has 1 aliphatic carbocycles. The van der Waals surface area contributed by atoms with Crippen LogP contribution in [0.25, 0.3) is 0 Å². The highest BCUT2D eigenvalue weighted by molar-refractivity contribution is 7.92. The summed E-state index contributed by atoms with van der Waals surface area (Å²) in [6.07, 6.45) is 6.17. The first kappa shape index (κ1) is 30.9. The van der Waals surface area contributed by atoms with Crippen molar-refractivity contribution < 1.29 is 27.7 Å². The molecule has 40 heavy (non-hydrogen) atoms. The van der Waals surface area contributed by atoms with Crippen molar-refractivity contribution in [1.29, 1.82) is 0 Å². The van der Waals surface area contributed by atoms with E-state index >= 15 is 0 Å². The average Bonchev–Trinajstić information content (AvgIpc) is 2.91. The normalized spacial score (nSPS) is 14.7. The van der Waals surface area contributed by atoms with Crippen LogP contribution in [0.5, 0.6) is 5.75 Å². The third-order valence-electron chi connectivity index (χ3n) is 7.09. The Morgan fingerprint density at radius 2 is 1.85 bits per heavy atom. The number of hydrogen-bond donors (Lipinski definition) is 1. The maximum atomic E-state index is 13.9. The fraction of sp³-hybridized carbons (Fsp3) is 0.500. The number of hydrogen-bond acceptors (Lipinski definition) is 7. The summed E-state index contributed by atoms with van der Waals surface area (Å²) in [5, 5.41) is 14.5. The van der Waals surface area contributed by atoms with Crippen molar-refractivity contribution in [1.82, 2.24) is 10.2 Å². The molecular weight excluding hydrogens is 536 g/mol. The van der Waals surface area contributed by atoms with Gasteiger partial charge in [0.05, 0.1) is 18.3 Å². The molecule has 1 N–H and O–H groups in total. The number of methoxy groups -OCH3 is 1. The summed E-state index contributed by atoms with van der Waals surface area (Å²) < 4.78 is 31.9. The molecular formula is C28H38N4O7S. The molecule has 2 aromatic carbocycles. The predicted molar refractivity (Wildman–Crippen MR) is 153 cm³/mol. The molecule has 0 spiro atoms. The topological polar surface area (TPSA) is 139 Å². The zero-order chi connectivity index (χ0) is 29.4. The van der Waals surface area contributed by atoms with Gasteiger partial charge in [-0.3, -0.25) is 24.0 Å². The smallest absolute Gasteiger partial charge is 0.271 e. The zero-order valence-corrected chi connectivity index (χ0v) is 24.3. The molecule has 1 atom stereocenters. The maximum Gasteiger partial charge on any atom is 0.271 e. The fourth-order valence-corrected chi connectivity index (χ4v) is 5.90. The van der Waals surface area contributed by atoms with Crippen LogP contribution in [0, 0.1) is 17.0 Å². The van der Waals surface area contributed by atoms with E-state index in [9.17, 15) is 28.1 Å². The van der Waals surface area contributed by atoms with E-state index in [0.29, 0.717) is 6.42 Å². The molecule has 218 valence electrons. The van der Waals surface area contributed by atoms with Crippen molar-refractivity contribution in [3.8, 4) is 5.75 Å². The van der Waals surface area contributed by atoms with Crippen molar-refractivity contribution in [2.45, 2.75) is 71.0 Å². The number of carbonyl (C=O) groups is 2. The number of rotatable bonds is 12. The lowest BCUT2D eigenvalue weighted by Crippen LogP contribution is -2.54. The molecule has 0 heterocycles. The van der Waals surface area contributed by atoms with Gasteiger partial charge in [0.15, 0.2) is 0 Å². The van der Waals surface area contributed by atoms with E-state index in [2.05, 4.69) is 5.32 Å². The Balaban J connectivity index is 2.00. The maximum absolute atomic E-state index is 13.9. The van der Waals surface area contributed by atoms with E-state index in [1.54, 1.807) is 6.92 Å². The lowest BCUT2D eigenvalue weighted by molar-refractivity contribution is -0.384. The van der Waals surface area contributed by atoms with Crippen LogP contribution in [0.4, 0.5) is 11.4 Å². The molecule has 0 saturated heterocycles. The Bertz CT molecular complexity index is 1330. The Morgan fingerprint density at radius 3 is 2.42 bits per heavy atom. The number of anilines is 1. The molecule has 12 heteroatoms. The molecule has 0 bridgehead atoms. The van der Waals surface area contributed by atoms with Gasteiger partial charge >= 0.3 is 0 Å². The van der Waals surface area contributed by atoms with Crippen LogP contribution in [-0.4, -0.2) is 62.0 Å². The summed E-state index contributed by atoms with van der Waals surface area (Å²) in [5.41, 5.74) is 1.27. The van der Waals surface area contributed by atoms with Crippen molar-refractivity contribution in [3.63, 3.8) is 0 Å². The Labute approximate surface area is 235 Å². The summed E-state index contributed by atoms with van der Waals surface area (Å²) in [6.45, 7) is 3.14. The van der Waals surface area contributed by atoms with Crippen molar-refractivity contribution in [2.75, 3.05) is 24.2 Å². The Morgan fingerprint density at radius 1 is 1.15 bits per heavy atom. The van der Waals surface area contributed by atoms with Crippen LogP contribution in [-0.2, 0) is 26.2 Å². The molecule has 1 fully saturated rings. The van der Waals surface area contributed by atoms with E-state index in [-0.39, 0.29) is 35.6 Å². The van der Waals surface area contributed by atoms with Crippen LogP contribution in [0.15, 0.2) is 42.5 Å². The monoisotopic (exact) mass is 574 g/mol. The molecule has 0 radical (unpaired) electrons. The van der Waals surface area contributed by atoms with Crippen LogP contribution < -0.4 is 14.4 Å². The second kappa shape index (κ2) is 13.6. The van der Waals surface area contributed by atoms with E-state index < -0.39 is 33.4 Å². The number of carbonyl (C=O) groups excluding carboxylic acids is 2. The second-order valence-corrected chi connectivity index (χ2v) is 12.1. The van der Waals surface area contributed by atoms with Crippen LogP contribution in [0.3, 0.4) is 0 Å². The molecule has 1 saturated carbocycles. The quantitative estimate of drug-likeness (QED) is 0.299. The number of sulfonamides is 1. The van der Waals surface area contributed by atoms with Gasteiger partial charge in [-0.1, -0.05) is 56.0 Å². The van der Waals surface area contributed by atoms with Gasteiger partial charge in [0.2, 0.25) is 21.8 Å². The Kier molecular flexibility index (Phi) is 10.5. The van der Waals surface area contributed by atoms with Gasteiger partial charge in [-0.15, -0.1) is 0 Å². The van der Waals surface area contributed by atoms with Crippen LogP contribution in [0.1, 0.15) is 56.6 Å². The summed E-state index contributed by atoms with van der Waals surface area (Å²) in [5.74, 6) is -0.850. The van der Waals surface area contributed by atoms with E-state index in [0.717, 1.165) is 59.9 Å². The number of benzene rings is 2. The highest BCUT2D eigenvalue weighted by Crippen LogP contribution is 2.34. The fourth-order valence-electron chi connectivity index (χ4n) is 5.05. The molecule has 0 aliphatic heterocycles. The highest BCUT2D eigenvalue weighted by atomic mass is 32.2. The molecule has 0 unspecified atom stereocenters. The second-order valence-electron chi connectivity index (χ2n) is 10.2. The number of nitro groups is 1. The SMILES string of the molecule is CC[C@@H](C(=O)NC1CCCCC1)N(Cc1cccc(C)c1)C(=O)CN(c1cc([N+](=O)[O-])ccc1OC)S(C)(=O)=O. The third kappa shape index (κ3) is 7.93. The number of nitro benzene ring substituents is 1. The van der Waals surface area contributed by atoms with E-state index in [4.69, 9.17) is 4.74 Å². The third-order valence-corrected chi connectivity index (χ3v) is 8.22. The summed E-state index contributed by atoms with van der Waals surface area (Å²) in [7, 11) is -2.79. The first-order valence-corrected chi connectivity index (χ1v) is 15.2. The van der Waals surface area contributed by atoms with Gasteiger partial charge in [0.25, 0.3) is 5.69 Å². The van der Waals surface area contributed by atoms with E-state index in [1.165, 1.54) is 24.1 Å². The minimum atomic E-state index is -4.09. The van der Waals surface area contributed by atoms with Crippen molar-refractivity contribution >= 4 is 33.2 Å². The lowest BCUT2D eigenvalue weighted by atomic mass is 9.95. The average molecular weight is 575 g/mol. The van der Waals surface area contributed by atoms with Gasteiger partial charge in [-0.25, -0.2) is 8.42 Å². The Hall–Kier alpha value is -3.67. The van der Waals surface area contributed by atoms with Gasteiger partial charge < -0.3 is 15.0 Å². The van der Waals surface area contributed by atoms with Gasteiger partial charge in [0.1, 0.15) is 24.0 Å². The summed E-state index contributed by atoms with van der Waals surface area (Å²) >= 11 is 0. The molecule has 1 aliphatic rings. The molecule has 3 rings (SSSR count). The number of aryl methyl sites for hydroxylation is 1. The lowest BCUT2D eigenvalue weighted by Gasteiger charge is -2.34. The minimum Gasteiger partial charge on any atom is -0.495 e. The highest BCUT2D eigenvalue weighted by Gasteiger charge is 2.34. The first-order chi connectivity index (χ1) is 18.9. The van der Waals surface area contributed by atoms with Crippen molar-refractivity contribution in [3.05, 3.63) is 63.7 Å². The molecule has 2 aromatic rings. The standard InChI is InChI=1S/C28H38N4O7S/c1-5-24(28(34)29-22-12-7-6-8-13-22)30(18-21-11-9-10-20(2)16-21)27(33)19-31(40(4,37)38)25-17-23(32(35)36)14-15-26(25)39-3/h9-11,14-17,22,24H,5-8,12-13,18-19H2,1-4H3,(H,29,34)/t24-/m0/s1. The number of ether oxygens (including phenoxy) is 1. The minimum absolute atomic E-state index is 0.0351. The first-order valence-electron chi connectivity index (χ1n) is 13.4. The zero-order valence-electron chi connectivity index (χ0n) is 23.5. The van der Waals surface area contributed by atoms with Gasteiger partial charge in [0, 0.05) is 24.7 Å². The van der Waals surface area contributed by atoms with E-state index in [1.807, 2.05) is 31.2 Å².